The van der Waals surface area contributed by atoms with Crippen molar-refractivity contribution in [2.45, 2.75) is 19.8 Å². The van der Waals surface area contributed by atoms with Crippen LogP contribution in [0.2, 0.25) is 0 Å². The van der Waals surface area contributed by atoms with Gasteiger partial charge in [0, 0.05) is 32.2 Å². The van der Waals surface area contributed by atoms with Crippen LogP contribution < -0.4 is 5.56 Å². The Hall–Kier alpha value is -2.96. The summed E-state index contributed by atoms with van der Waals surface area (Å²) in [7, 11) is 0. The molecular weight excluding hydrogens is 332 g/mol. The Morgan fingerprint density at radius 3 is 2.58 bits per heavy atom. The fourth-order valence-corrected chi connectivity index (χ4v) is 3.10. The van der Waals surface area contributed by atoms with Gasteiger partial charge < -0.3 is 9.80 Å². The summed E-state index contributed by atoms with van der Waals surface area (Å²) >= 11 is 0. The smallest absolute Gasteiger partial charge is 0.274 e. The summed E-state index contributed by atoms with van der Waals surface area (Å²) in [6, 6.07) is 10.7. The van der Waals surface area contributed by atoms with Crippen molar-refractivity contribution in [3.8, 4) is 0 Å². The SMILES string of the molecule is Cc1cccc(CC(=O)N2CCCN(C(=O)c3ccc(=O)[nH]n3)CC2)c1. The number of benzene rings is 1. The van der Waals surface area contributed by atoms with Crippen LogP contribution in [0.25, 0.3) is 0 Å². The number of rotatable bonds is 3. The van der Waals surface area contributed by atoms with Gasteiger partial charge in [0.2, 0.25) is 5.91 Å². The average molecular weight is 354 g/mol. The van der Waals surface area contributed by atoms with Crippen molar-refractivity contribution in [3.63, 3.8) is 0 Å². The van der Waals surface area contributed by atoms with Gasteiger partial charge in [0.1, 0.15) is 5.69 Å². The molecule has 2 aromatic rings. The van der Waals surface area contributed by atoms with Crippen molar-refractivity contribution in [3.05, 3.63) is 63.6 Å². The molecule has 1 aromatic carbocycles. The summed E-state index contributed by atoms with van der Waals surface area (Å²) in [5.74, 6) is -0.152. The molecule has 1 aromatic heterocycles. The summed E-state index contributed by atoms with van der Waals surface area (Å²) in [6.45, 7) is 4.16. The first-order chi connectivity index (χ1) is 12.5. The number of hydrogen-bond donors (Lipinski definition) is 1. The number of nitrogens with zero attached hydrogens (tertiary/aromatic N) is 3. The molecule has 7 heteroatoms. The molecule has 26 heavy (non-hydrogen) atoms. The van der Waals surface area contributed by atoms with Crippen LogP contribution in [0.5, 0.6) is 0 Å². The van der Waals surface area contributed by atoms with Gasteiger partial charge in [-0.15, -0.1) is 0 Å². The molecule has 0 spiro atoms. The van der Waals surface area contributed by atoms with Gasteiger partial charge in [0.25, 0.3) is 11.5 Å². The van der Waals surface area contributed by atoms with Gasteiger partial charge in [-0.1, -0.05) is 29.8 Å². The van der Waals surface area contributed by atoms with Crippen molar-refractivity contribution in [2.24, 2.45) is 0 Å². The summed E-state index contributed by atoms with van der Waals surface area (Å²) < 4.78 is 0. The average Bonchev–Trinajstić information content (AvgIpc) is 2.88. The lowest BCUT2D eigenvalue weighted by Gasteiger charge is -2.22. The Morgan fingerprint density at radius 1 is 1.08 bits per heavy atom. The molecule has 0 aliphatic carbocycles. The van der Waals surface area contributed by atoms with E-state index in [-0.39, 0.29) is 23.1 Å². The number of hydrogen-bond acceptors (Lipinski definition) is 4. The van der Waals surface area contributed by atoms with Crippen LogP contribution >= 0.6 is 0 Å². The zero-order valence-electron chi connectivity index (χ0n) is 14.8. The van der Waals surface area contributed by atoms with E-state index in [9.17, 15) is 14.4 Å². The van der Waals surface area contributed by atoms with Crippen LogP contribution in [-0.2, 0) is 11.2 Å². The molecule has 0 saturated carbocycles. The van der Waals surface area contributed by atoms with E-state index in [1.165, 1.54) is 12.1 Å². The minimum Gasteiger partial charge on any atom is -0.341 e. The Balaban J connectivity index is 1.60. The summed E-state index contributed by atoms with van der Waals surface area (Å²) in [5, 5.41) is 6.07. The second-order valence-corrected chi connectivity index (χ2v) is 6.50. The largest absolute Gasteiger partial charge is 0.341 e. The molecule has 1 N–H and O–H groups in total. The number of carbonyl (C=O) groups excluding carboxylic acids is 2. The Kier molecular flexibility index (Phi) is 5.46. The molecule has 2 heterocycles. The Labute approximate surface area is 151 Å². The monoisotopic (exact) mass is 354 g/mol. The molecular formula is C19H22N4O3. The highest BCUT2D eigenvalue weighted by molar-refractivity contribution is 5.92. The van der Waals surface area contributed by atoms with E-state index in [0.717, 1.165) is 11.1 Å². The molecule has 0 bridgehead atoms. The maximum atomic E-state index is 12.6. The maximum Gasteiger partial charge on any atom is 0.274 e. The van der Waals surface area contributed by atoms with Crippen molar-refractivity contribution >= 4 is 11.8 Å². The van der Waals surface area contributed by atoms with Crippen LogP contribution in [0.1, 0.15) is 28.0 Å². The highest BCUT2D eigenvalue weighted by atomic mass is 16.2. The van der Waals surface area contributed by atoms with Crippen LogP contribution in [0.3, 0.4) is 0 Å². The first-order valence-electron chi connectivity index (χ1n) is 8.71. The van der Waals surface area contributed by atoms with Crippen LogP contribution in [0, 0.1) is 6.92 Å². The number of carbonyl (C=O) groups is 2. The summed E-state index contributed by atoms with van der Waals surface area (Å²) in [6.07, 6.45) is 1.09. The highest BCUT2D eigenvalue weighted by Crippen LogP contribution is 2.11. The standard InChI is InChI=1S/C19H22N4O3/c1-14-4-2-5-15(12-14)13-18(25)22-8-3-9-23(11-10-22)19(26)16-6-7-17(24)21-20-16/h2,4-7,12H,3,8-11,13H2,1H3,(H,21,24). The molecule has 7 nitrogen and oxygen atoms in total. The van der Waals surface area contributed by atoms with Gasteiger partial charge in [0.15, 0.2) is 0 Å². The third-order valence-corrected chi connectivity index (χ3v) is 4.47. The fraction of sp³-hybridized carbons (Fsp3) is 0.368. The summed E-state index contributed by atoms with van der Waals surface area (Å²) in [4.78, 5) is 39.7. The number of amides is 2. The van der Waals surface area contributed by atoms with Crippen molar-refractivity contribution < 1.29 is 9.59 Å². The zero-order valence-corrected chi connectivity index (χ0v) is 14.8. The van der Waals surface area contributed by atoms with E-state index in [0.29, 0.717) is 39.0 Å². The van der Waals surface area contributed by atoms with E-state index in [2.05, 4.69) is 10.2 Å². The number of H-pyrrole nitrogens is 1. The third kappa shape index (κ3) is 4.36. The lowest BCUT2D eigenvalue weighted by molar-refractivity contribution is -0.130. The third-order valence-electron chi connectivity index (χ3n) is 4.47. The predicted octanol–water partition coefficient (Wildman–Crippen LogP) is 0.996. The van der Waals surface area contributed by atoms with E-state index in [1.54, 1.807) is 4.90 Å². The van der Waals surface area contributed by atoms with Gasteiger partial charge in [-0.05, 0) is 25.0 Å². The first kappa shape index (κ1) is 17.8. The van der Waals surface area contributed by atoms with Gasteiger partial charge >= 0.3 is 0 Å². The lowest BCUT2D eigenvalue weighted by Crippen LogP contribution is -2.38. The number of aryl methyl sites for hydroxylation is 1. The molecule has 3 rings (SSSR count). The molecule has 1 saturated heterocycles. The molecule has 0 atom stereocenters. The Morgan fingerprint density at radius 2 is 1.85 bits per heavy atom. The Bertz CT molecular complexity index is 841. The second-order valence-electron chi connectivity index (χ2n) is 6.50. The quantitative estimate of drug-likeness (QED) is 0.891. The normalized spacial score (nSPS) is 14.8. The second kappa shape index (κ2) is 7.95. The topological polar surface area (TPSA) is 86.4 Å². The van der Waals surface area contributed by atoms with E-state index in [1.807, 2.05) is 36.1 Å². The van der Waals surface area contributed by atoms with Crippen LogP contribution in [0.4, 0.5) is 0 Å². The van der Waals surface area contributed by atoms with Gasteiger partial charge in [0.05, 0.1) is 6.42 Å². The molecule has 1 fully saturated rings. The van der Waals surface area contributed by atoms with Crippen molar-refractivity contribution in [1.82, 2.24) is 20.0 Å². The van der Waals surface area contributed by atoms with Crippen LogP contribution in [-0.4, -0.2) is 58.0 Å². The van der Waals surface area contributed by atoms with Gasteiger partial charge in [-0.25, -0.2) is 5.10 Å². The molecule has 0 unspecified atom stereocenters. The van der Waals surface area contributed by atoms with E-state index < -0.39 is 0 Å². The van der Waals surface area contributed by atoms with Gasteiger partial charge in [-0.2, -0.15) is 5.10 Å². The maximum absolute atomic E-state index is 12.6. The lowest BCUT2D eigenvalue weighted by atomic mass is 10.1. The zero-order chi connectivity index (χ0) is 18.5. The summed E-state index contributed by atoms with van der Waals surface area (Å²) in [5.41, 5.74) is 2.01. The molecule has 2 amide bonds. The van der Waals surface area contributed by atoms with E-state index in [4.69, 9.17) is 0 Å². The predicted molar refractivity (Wildman–Crippen MR) is 96.8 cm³/mol. The minimum absolute atomic E-state index is 0.0760. The molecule has 1 aliphatic heterocycles. The van der Waals surface area contributed by atoms with Crippen molar-refractivity contribution in [2.75, 3.05) is 26.2 Å². The van der Waals surface area contributed by atoms with E-state index >= 15 is 0 Å². The number of nitrogens with one attached hydrogen (secondary N) is 1. The molecule has 0 radical (unpaired) electrons. The minimum atomic E-state index is -0.342. The number of aromatic nitrogens is 2. The highest BCUT2D eigenvalue weighted by Gasteiger charge is 2.23. The van der Waals surface area contributed by atoms with Crippen LogP contribution in [0.15, 0.2) is 41.2 Å². The number of aromatic amines is 1. The first-order valence-corrected chi connectivity index (χ1v) is 8.71. The van der Waals surface area contributed by atoms with Crippen molar-refractivity contribution in [1.29, 1.82) is 0 Å². The fourth-order valence-electron chi connectivity index (χ4n) is 3.10. The molecule has 136 valence electrons. The van der Waals surface area contributed by atoms with Gasteiger partial charge in [-0.3, -0.25) is 14.4 Å². The molecule has 1 aliphatic rings.